The number of carbonyl (C=O) groups is 1. The lowest BCUT2D eigenvalue weighted by molar-refractivity contribution is -0.138. The van der Waals surface area contributed by atoms with Crippen LogP contribution >= 0.6 is 22.9 Å². The number of hydrogen-bond acceptors (Lipinski definition) is 5. The fourth-order valence-corrected chi connectivity index (χ4v) is 6.43. The highest BCUT2D eigenvalue weighted by Gasteiger charge is 2.35. The minimum Gasteiger partial charge on any atom is -0.463 e. The average Bonchev–Trinajstić information content (AvgIpc) is 3.50. The molecule has 1 aliphatic heterocycles. The van der Waals surface area contributed by atoms with Crippen LogP contribution in [0.15, 0.2) is 100 Å². The molecule has 3 heterocycles. The molecule has 0 saturated heterocycles. The van der Waals surface area contributed by atoms with E-state index in [0.29, 0.717) is 25.6 Å². The number of fused-ring (bicyclic) bond motifs is 2. The Bertz CT molecular complexity index is 1980. The number of para-hydroxylation sites is 1. The molecule has 5 aromatic rings. The van der Waals surface area contributed by atoms with Crippen LogP contribution in [0, 0.1) is 0 Å². The van der Waals surface area contributed by atoms with Crippen molar-refractivity contribution >= 4 is 51.6 Å². The fourth-order valence-electron chi connectivity index (χ4n) is 5.32. The van der Waals surface area contributed by atoms with Crippen LogP contribution in [0.4, 0.5) is 0 Å². The maximum absolute atomic E-state index is 14.2. The minimum atomic E-state index is -0.739. The van der Waals surface area contributed by atoms with E-state index in [1.54, 1.807) is 23.6 Å². The van der Waals surface area contributed by atoms with Gasteiger partial charge >= 0.3 is 5.97 Å². The number of aromatic nitrogens is 2. The summed E-state index contributed by atoms with van der Waals surface area (Å²) in [6.07, 6.45) is 4.02. The Morgan fingerprint density at radius 2 is 1.76 bits per heavy atom. The lowest BCUT2D eigenvalue weighted by Gasteiger charge is -2.25. The third-order valence-electron chi connectivity index (χ3n) is 7.17. The van der Waals surface area contributed by atoms with Gasteiger partial charge in [-0.1, -0.05) is 83.6 Å². The molecule has 8 heteroatoms. The monoisotopic (exact) mass is 581 g/mol. The van der Waals surface area contributed by atoms with Gasteiger partial charge in [0.1, 0.15) is 0 Å². The molecule has 1 atom stereocenters. The average molecular weight is 582 g/mol. The molecule has 0 bridgehead atoms. The van der Waals surface area contributed by atoms with Crippen LogP contribution in [-0.4, -0.2) is 21.7 Å². The van der Waals surface area contributed by atoms with E-state index in [-0.39, 0.29) is 18.2 Å². The highest BCUT2D eigenvalue weighted by Crippen LogP contribution is 2.35. The van der Waals surface area contributed by atoms with Gasteiger partial charge in [0.2, 0.25) is 0 Å². The summed E-state index contributed by atoms with van der Waals surface area (Å²) in [4.78, 5) is 33.2. The van der Waals surface area contributed by atoms with Crippen molar-refractivity contribution in [2.24, 2.45) is 4.99 Å². The number of benzene rings is 3. The first-order chi connectivity index (χ1) is 19.9. The number of rotatable bonds is 6. The molecule has 0 saturated carbocycles. The largest absolute Gasteiger partial charge is 0.463 e. The van der Waals surface area contributed by atoms with Crippen LogP contribution in [0.25, 0.3) is 22.7 Å². The zero-order chi connectivity index (χ0) is 28.7. The van der Waals surface area contributed by atoms with Gasteiger partial charge in [-0.2, -0.15) is 0 Å². The quantitative estimate of drug-likeness (QED) is 0.227. The predicted octanol–water partition coefficient (Wildman–Crippen LogP) is 6.12. The fraction of sp³-hybridized carbons (Fsp3) is 0.182. The molecule has 206 valence electrons. The lowest BCUT2D eigenvalue weighted by atomic mass is 9.93. The molecular weight excluding hydrogens is 554 g/mol. The van der Waals surface area contributed by atoms with Gasteiger partial charge in [0.05, 0.1) is 28.5 Å². The second kappa shape index (κ2) is 11.0. The van der Waals surface area contributed by atoms with Gasteiger partial charge in [0.25, 0.3) is 5.56 Å². The molecule has 3 aromatic carbocycles. The molecule has 0 spiro atoms. The summed E-state index contributed by atoms with van der Waals surface area (Å²) in [5.41, 5.74) is 4.16. The van der Waals surface area contributed by atoms with E-state index in [9.17, 15) is 9.59 Å². The number of thiazole rings is 1. The third-order valence-corrected chi connectivity index (χ3v) is 8.41. The number of carbonyl (C=O) groups excluding carboxylic acids is 1. The third kappa shape index (κ3) is 4.85. The summed E-state index contributed by atoms with van der Waals surface area (Å²) in [7, 11) is 0. The molecule has 2 aromatic heterocycles. The van der Waals surface area contributed by atoms with E-state index in [2.05, 4.69) is 36.7 Å². The van der Waals surface area contributed by atoms with Crippen LogP contribution in [0.1, 0.15) is 49.5 Å². The van der Waals surface area contributed by atoms with E-state index >= 15 is 0 Å². The molecule has 0 fully saturated rings. The van der Waals surface area contributed by atoms with Crippen molar-refractivity contribution in [3.05, 3.63) is 132 Å². The van der Waals surface area contributed by atoms with Crippen molar-refractivity contribution in [1.29, 1.82) is 0 Å². The SMILES string of the molecule is CCOC(=O)C1=C(c2ccccc2)N=c2s/c(=C\c3cn(C(C)C)c4ccccc34)c(=O)n2[C@@H]1c1ccc(Cl)cc1. The summed E-state index contributed by atoms with van der Waals surface area (Å²) >= 11 is 7.54. The maximum atomic E-state index is 14.2. The standard InChI is InChI=1S/C33H28ClN3O3S/c1-4-40-32(39)28-29(21-10-6-5-7-11-21)35-33-37(30(28)22-14-16-24(34)17-15-22)31(38)27(41-33)18-23-19-36(20(2)3)26-13-9-8-12-25(23)26/h5-20,30H,4H2,1-3H3/b27-18-/t30-/m1/s1. The topological polar surface area (TPSA) is 65.6 Å². The Hall–Kier alpha value is -4.20. The first kappa shape index (κ1) is 27.0. The smallest absolute Gasteiger partial charge is 0.338 e. The van der Waals surface area contributed by atoms with Gasteiger partial charge in [-0.25, -0.2) is 9.79 Å². The highest BCUT2D eigenvalue weighted by molar-refractivity contribution is 7.07. The van der Waals surface area contributed by atoms with Crippen molar-refractivity contribution in [2.75, 3.05) is 6.61 Å². The highest BCUT2D eigenvalue weighted by atomic mass is 35.5. The summed E-state index contributed by atoms with van der Waals surface area (Å²) in [6.45, 7) is 6.24. The van der Waals surface area contributed by atoms with E-state index < -0.39 is 12.0 Å². The van der Waals surface area contributed by atoms with E-state index in [0.717, 1.165) is 27.6 Å². The van der Waals surface area contributed by atoms with Gasteiger partial charge in [-0.3, -0.25) is 9.36 Å². The summed E-state index contributed by atoms with van der Waals surface area (Å²) in [5, 5.41) is 1.63. The molecule has 0 unspecified atom stereocenters. The number of hydrogen-bond donors (Lipinski definition) is 0. The van der Waals surface area contributed by atoms with Gasteiger partial charge in [0.15, 0.2) is 4.80 Å². The number of nitrogens with zero attached hydrogens (tertiary/aromatic N) is 3. The van der Waals surface area contributed by atoms with Crippen molar-refractivity contribution in [3.8, 4) is 0 Å². The first-order valence-electron chi connectivity index (χ1n) is 13.5. The molecule has 0 N–H and O–H groups in total. The molecule has 0 radical (unpaired) electrons. The molecule has 0 aliphatic carbocycles. The van der Waals surface area contributed by atoms with Crippen LogP contribution < -0.4 is 14.9 Å². The van der Waals surface area contributed by atoms with Crippen molar-refractivity contribution in [2.45, 2.75) is 32.9 Å². The summed E-state index contributed by atoms with van der Waals surface area (Å²) < 4.78 is 9.89. The lowest BCUT2D eigenvalue weighted by Crippen LogP contribution is -2.40. The van der Waals surface area contributed by atoms with Crippen molar-refractivity contribution in [1.82, 2.24) is 9.13 Å². The zero-order valence-electron chi connectivity index (χ0n) is 22.9. The second-order valence-corrected chi connectivity index (χ2v) is 11.5. The van der Waals surface area contributed by atoms with Crippen LogP contribution in [-0.2, 0) is 9.53 Å². The Morgan fingerprint density at radius 1 is 1.05 bits per heavy atom. The molecule has 0 amide bonds. The molecule has 1 aliphatic rings. The van der Waals surface area contributed by atoms with E-state index in [1.165, 1.54) is 11.3 Å². The molecule has 6 nitrogen and oxygen atoms in total. The zero-order valence-corrected chi connectivity index (χ0v) is 24.4. The van der Waals surface area contributed by atoms with E-state index in [4.69, 9.17) is 21.3 Å². The Morgan fingerprint density at radius 3 is 2.46 bits per heavy atom. The Kier molecular flexibility index (Phi) is 7.24. The van der Waals surface area contributed by atoms with Gasteiger partial charge in [-0.15, -0.1) is 0 Å². The normalized spacial score (nSPS) is 15.3. The summed E-state index contributed by atoms with van der Waals surface area (Å²) in [6, 6.07) is 24.4. The maximum Gasteiger partial charge on any atom is 0.338 e. The van der Waals surface area contributed by atoms with Gasteiger partial charge < -0.3 is 9.30 Å². The Labute approximate surface area is 246 Å². The van der Waals surface area contributed by atoms with Gasteiger partial charge in [0, 0.05) is 39.3 Å². The number of ether oxygens (including phenoxy) is 1. The predicted molar refractivity (Wildman–Crippen MR) is 165 cm³/mol. The van der Waals surface area contributed by atoms with Crippen LogP contribution in [0.3, 0.4) is 0 Å². The number of halogens is 1. The molecule has 6 rings (SSSR count). The Balaban J connectivity index is 1.65. The number of esters is 1. The first-order valence-corrected chi connectivity index (χ1v) is 14.7. The summed E-state index contributed by atoms with van der Waals surface area (Å²) in [5.74, 6) is -0.510. The minimum absolute atomic E-state index is 0.197. The molecular formula is C33H28ClN3O3S. The van der Waals surface area contributed by atoms with Gasteiger partial charge in [-0.05, 0) is 50.6 Å². The molecule has 41 heavy (non-hydrogen) atoms. The van der Waals surface area contributed by atoms with Crippen molar-refractivity contribution in [3.63, 3.8) is 0 Å². The van der Waals surface area contributed by atoms with E-state index in [1.807, 2.05) is 60.7 Å². The van der Waals surface area contributed by atoms with Crippen molar-refractivity contribution < 1.29 is 9.53 Å². The van der Waals surface area contributed by atoms with Crippen LogP contribution in [0.2, 0.25) is 5.02 Å². The van der Waals surface area contributed by atoms with Crippen LogP contribution in [0.5, 0.6) is 0 Å². The second-order valence-electron chi connectivity index (χ2n) is 10.1.